The Kier molecular flexibility index (Phi) is 11.2. The van der Waals surface area contributed by atoms with E-state index in [0.717, 1.165) is 36.6 Å². The molecular formula is C36H40BrN3O4S. The van der Waals surface area contributed by atoms with Crippen LogP contribution in [0.15, 0.2) is 106 Å². The van der Waals surface area contributed by atoms with Gasteiger partial charge in [0.25, 0.3) is 10.0 Å². The highest BCUT2D eigenvalue weighted by atomic mass is 79.9. The fourth-order valence-corrected chi connectivity index (χ4v) is 7.07. The van der Waals surface area contributed by atoms with E-state index in [-0.39, 0.29) is 29.8 Å². The van der Waals surface area contributed by atoms with Gasteiger partial charge < -0.3 is 10.2 Å². The number of amides is 2. The van der Waals surface area contributed by atoms with Gasteiger partial charge in [-0.3, -0.25) is 13.9 Å². The molecule has 0 saturated carbocycles. The molecule has 0 fully saturated rings. The van der Waals surface area contributed by atoms with Gasteiger partial charge in [0, 0.05) is 23.5 Å². The molecule has 0 spiro atoms. The van der Waals surface area contributed by atoms with Crippen LogP contribution in [0.4, 0.5) is 5.69 Å². The number of carbonyl (C=O) groups excluding carboxylic acids is 2. The first-order chi connectivity index (χ1) is 21.3. The summed E-state index contributed by atoms with van der Waals surface area (Å²) in [6.45, 7) is 9.01. The van der Waals surface area contributed by atoms with Crippen LogP contribution in [0.1, 0.15) is 41.7 Å². The second kappa shape index (κ2) is 14.9. The minimum Gasteiger partial charge on any atom is -0.352 e. The summed E-state index contributed by atoms with van der Waals surface area (Å²) < 4.78 is 30.5. The van der Waals surface area contributed by atoms with E-state index in [1.807, 2.05) is 95.3 Å². The first-order valence-corrected chi connectivity index (χ1v) is 17.1. The number of nitrogens with zero attached hydrogens (tertiary/aromatic N) is 2. The van der Waals surface area contributed by atoms with Crippen molar-refractivity contribution in [3.8, 4) is 0 Å². The zero-order valence-electron chi connectivity index (χ0n) is 26.3. The molecule has 1 unspecified atom stereocenters. The molecular weight excluding hydrogens is 650 g/mol. The smallest absolute Gasteiger partial charge is 0.264 e. The van der Waals surface area contributed by atoms with Gasteiger partial charge in [0.15, 0.2) is 0 Å². The van der Waals surface area contributed by atoms with Crippen LogP contribution in [0.2, 0.25) is 0 Å². The molecule has 1 N–H and O–H groups in total. The molecule has 0 aliphatic heterocycles. The summed E-state index contributed by atoms with van der Waals surface area (Å²) in [5.74, 6) is -0.804. The molecule has 0 aromatic heterocycles. The molecule has 0 heterocycles. The Morgan fingerprint density at radius 1 is 0.778 bits per heavy atom. The van der Waals surface area contributed by atoms with Crippen molar-refractivity contribution >= 4 is 43.5 Å². The number of rotatable bonds is 12. The quantitative estimate of drug-likeness (QED) is 0.179. The van der Waals surface area contributed by atoms with Gasteiger partial charge >= 0.3 is 0 Å². The van der Waals surface area contributed by atoms with Crippen molar-refractivity contribution < 1.29 is 18.0 Å². The lowest BCUT2D eigenvalue weighted by Crippen LogP contribution is -2.54. The van der Waals surface area contributed by atoms with E-state index in [9.17, 15) is 18.0 Å². The molecule has 9 heteroatoms. The van der Waals surface area contributed by atoms with E-state index in [4.69, 9.17) is 0 Å². The Morgan fingerprint density at radius 3 is 2.00 bits per heavy atom. The number of halogens is 1. The Morgan fingerprint density at radius 2 is 1.40 bits per heavy atom. The van der Waals surface area contributed by atoms with E-state index in [0.29, 0.717) is 5.69 Å². The lowest BCUT2D eigenvalue weighted by atomic mass is 10.0. The van der Waals surface area contributed by atoms with Crippen molar-refractivity contribution in [2.75, 3.05) is 10.8 Å². The Bertz CT molecular complexity index is 1720. The molecule has 4 aromatic carbocycles. The van der Waals surface area contributed by atoms with E-state index in [1.165, 1.54) is 4.90 Å². The monoisotopic (exact) mass is 689 g/mol. The van der Waals surface area contributed by atoms with Crippen molar-refractivity contribution in [2.24, 2.45) is 0 Å². The maximum Gasteiger partial charge on any atom is 0.264 e. The summed E-state index contributed by atoms with van der Waals surface area (Å²) in [6.07, 6.45) is 0.257. The predicted molar refractivity (Wildman–Crippen MR) is 184 cm³/mol. The SMILES string of the molecule is Cc1ccc(S(=O)(=O)N(CC(=O)N(Cc2cccc(Br)c2)C(Cc2ccccc2)C(=O)NC(C)C)c2cc(C)cc(C)c2)cc1. The molecule has 0 aliphatic carbocycles. The van der Waals surface area contributed by atoms with Gasteiger partial charge in [-0.05, 0) is 93.3 Å². The first-order valence-electron chi connectivity index (χ1n) is 14.9. The molecule has 4 rings (SSSR count). The summed E-state index contributed by atoms with van der Waals surface area (Å²) in [4.78, 5) is 30.0. The minimum atomic E-state index is -4.16. The van der Waals surface area contributed by atoms with Gasteiger partial charge in [0.2, 0.25) is 11.8 Å². The number of nitrogens with one attached hydrogen (secondary N) is 1. The van der Waals surface area contributed by atoms with E-state index in [2.05, 4.69) is 21.2 Å². The summed E-state index contributed by atoms with van der Waals surface area (Å²) in [6, 6.07) is 28.0. The zero-order chi connectivity index (χ0) is 32.7. The number of hydrogen-bond donors (Lipinski definition) is 1. The molecule has 45 heavy (non-hydrogen) atoms. The molecule has 4 aromatic rings. The Balaban J connectivity index is 1.83. The predicted octanol–water partition coefficient (Wildman–Crippen LogP) is 6.73. The molecule has 236 valence electrons. The molecule has 0 bridgehead atoms. The van der Waals surface area contributed by atoms with Crippen LogP contribution in [0.25, 0.3) is 0 Å². The maximum absolute atomic E-state index is 14.6. The van der Waals surface area contributed by atoms with Gasteiger partial charge in [0.1, 0.15) is 12.6 Å². The molecule has 0 radical (unpaired) electrons. The molecule has 7 nitrogen and oxygen atoms in total. The topological polar surface area (TPSA) is 86.8 Å². The van der Waals surface area contributed by atoms with Crippen molar-refractivity contribution in [1.29, 1.82) is 0 Å². The van der Waals surface area contributed by atoms with Crippen LogP contribution in [0, 0.1) is 20.8 Å². The molecule has 0 saturated heterocycles. The molecule has 2 amide bonds. The number of carbonyl (C=O) groups is 2. The second-order valence-corrected chi connectivity index (χ2v) is 14.5. The second-order valence-electron chi connectivity index (χ2n) is 11.7. The Labute approximate surface area is 275 Å². The van der Waals surface area contributed by atoms with Crippen molar-refractivity contribution in [3.63, 3.8) is 0 Å². The van der Waals surface area contributed by atoms with Crippen LogP contribution < -0.4 is 9.62 Å². The van der Waals surface area contributed by atoms with Gasteiger partial charge in [-0.15, -0.1) is 0 Å². The number of sulfonamides is 1. The summed E-state index contributed by atoms with van der Waals surface area (Å²) in [5.41, 5.74) is 4.72. The van der Waals surface area contributed by atoms with Crippen molar-refractivity contribution in [3.05, 3.63) is 129 Å². The zero-order valence-corrected chi connectivity index (χ0v) is 28.7. The van der Waals surface area contributed by atoms with Crippen LogP contribution in [-0.2, 0) is 32.6 Å². The lowest BCUT2D eigenvalue weighted by Gasteiger charge is -2.34. The highest BCUT2D eigenvalue weighted by Crippen LogP contribution is 2.27. The molecule has 1 atom stereocenters. The average Bonchev–Trinajstić information content (AvgIpc) is 2.97. The standard InChI is InChI=1S/C36H40BrN3O4S/c1-25(2)38-36(42)34(22-29-10-7-6-8-11-29)39(23-30-12-9-13-31(37)21-30)35(41)24-40(32-19-27(4)18-28(5)20-32)45(43,44)33-16-14-26(3)15-17-33/h6-21,25,34H,22-24H2,1-5H3,(H,38,42). The van der Waals surface area contributed by atoms with Gasteiger partial charge in [-0.25, -0.2) is 8.42 Å². The van der Waals surface area contributed by atoms with Crippen LogP contribution in [0.5, 0.6) is 0 Å². The number of aryl methyl sites for hydroxylation is 3. The summed E-state index contributed by atoms with van der Waals surface area (Å²) in [5, 5.41) is 2.98. The van der Waals surface area contributed by atoms with Gasteiger partial charge in [-0.1, -0.05) is 82.2 Å². The third-order valence-electron chi connectivity index (χ3n) is 7.33. The highest BCUT2D eigenvalue weighted by molar-refractivity contribution is 9.10. The third kappa shape index (κ3) is 9.05. The lowest BCUT2D eigenvalue weighted by molar-refractivity contribution is -0.140. The minimum absolute atomic E-state index is 0.0805. The highest BCUT2D eigenvalue weighted by Gasteiger charge is 2.35. The fourth-order valence-electron chi connectivity index (χ4n) is 5.23. The van der Waals surface area contributed by atoms with E-state index >= 15 is 0 Å². The van der Waals surface area contributed by atoms with Crippen LogP contribution >= 0.6 is 15.9 Å². The maximum atomic E-state index is 14.6. The van der Waals surface area contributed by atoms with E-state index in [1.54, 1.807) is 36.4 Å². The average molecular weight is 691 g/mol. The largest absolute Gasteiger partial charge is 0.352 e. The number of hydrogen-bond acceptors (Lipinski definition) is 4. The van der Waals surface area contributed by atoms with E-state index < -0.39 is 28.5 Å². The summed E-state index contributed by atoms with van der Waals surface area (Å²) in [7, 11) is -4.16. The molecule has 0 aliphatic rings. The van der Waals surface area contributed by atoms with Gasteiger partial charge in [0.05, 0.1) is 10.6 Å². The summed E-state index contributed by atoms with van der Waals surface area (Å²) >= 11 is 3.51. The normalized spacial score (nSPS) is 12.1. The fraction of sp³-hybridized carbons (Fsp3) is 0.278. The van der Waals surface area contributed by atoms with Crippen molar-refractivity contribution in [2.45, 2.75) is 64.6 Å². The third-order valence-corrected chi connectivity index (χ3v) is 9.61. The van der Waals surface area contributed by atoms with Crippen molar-refractivity contribution in [1.82, 2.24) is 10.2 Å². The first kappa shape index (κ1) is 33.9. The van der Waals surface area contributed by atoms with Gasteiger partial charge in [-0.2, -0.15) is 0 Å². The number of benzene rings is 4. The Hall–Kier alpha value is -3.95. The number of anilines is 1. The van der Waals surface area contributed by atoms with Crippen LogP contribution in [-0.4, -0.2) is 43.8 Å². The van der Waals surface area contributed by atoms with Crippen LogP contribution in [0.3, 0.4) is 0 Å².